The van der Waals surface area contributed by atoms with Gasteiger partial charge in [-0.05, 0) is 44.0 Å². The van der Waals surface area contributed by atoms with Crippen molar-refractivity contribution in [2.24, 2.45) is 0 Å². The Balaban J connectivity index is 1.58. The number of thioether (sulfide) groups is 1. The standard InChI is InChI=1S/C21H21FN4OS/c1-14(20(27)25(2)15-8-4-3-5-9-15)28-21-24-23-19(26(21)16-12-13-16)17-10-6-7-11-18(17)22/h3-11,14,16H,12-13H2,1-2H3/t14-/m1/s1. The van der Waals surface area contributed by atoms with Crippen LogP contribution in [0.2, 0.25) is 0 Å². The van der Waals surface area contributed by atoms with Crippen molar-refractivity contribution in [1.29, 1.82) is 0 Å². The molecule has 1 heterocycles. The lowest BCUT2D eigenvalue weighted by atomic mass is 10.2. The molecule has 0 bridgehead atoms. The van der Waals surface area contributed by atoms with E-state index < -0.39 is 0 Å². The summed E-state index contributed by atoms with van der Waals surface area (Å²) in [6, 6.07) is 16.4. The van der Waals surface area contributed by atoms with Gasteiger partial charge in [-0.2, -0.15) is 0 Å². The number of nitrogens with zero attached hydrogens (tertiary/aromatic N) is 4. The highest BCUT2D eigenvalue weighted by Crippen LogP contribution is 2.42. The SMILES string of the molecule is C[C@@H](Sc1nnc(-c2ccccc2F)n1C1CC1)C(=O)N(C)c1ccccc1. The summed E-state index contributed by atoms with van der Waals surface area (Å²) in [5.41, 5.74) is 1.28. The van der Waals surface area contributed by atoms with Gasteiger partial charge < -0.3 is 4.90 Å². The summed E-state index contributed by atoms with van der Waals surface area (Å²) in [5, 5.41) is 8.85. The number of benzene rings is 2. The molecule has 1 aliphatic carbocycles. The van der Waals surface area contributed by atoms with Crippen LogP contribution in [-0.2, 0) is 4.79 Å². The summed E-state index contributed by atoms with van der Waals surface area (Å²) in [5.74, 6) is 0.189. The average Bonchev–Trinajstić information content (AvgIpc) is 3.48. The lowest BCUT2D eigenvalue weighted by Crippen LogP contribution is -2.33. The van der Waals surface area contributed by atoms with E-state index in [1.165, 1.54) is 17.8 Å². The second-order valence-electron chi connectivity index (χ2n) is 6.88. The number of halogens is 1. The number of aromatic nitrogens is 3. The summed E-state index contributed by atoms with van der Waals surface area (Å²) in [6.45, 7) is 1.86. The number of hydrogen-bond acceptors (Lipinski definition) is 4. The van der Waals surface area contributed by atoms with Gasteiger partial charge in [-0.25, -0.2) is 4.39 Å². The first-order valence-electron chi connectivity index (χ1n) is 9.25. The second-order valence-corrected chi connectivity index (χ2v) is 8.19. The molecule has 0 N–H and O–H groups in total. The summed E-state index contributed by atoms with van der Waals surface area (Å²) >= 11 is 1.37. The van der Waals surface area contributed by atoms with Crippen LogP contribution < -0.4 is 4.90 Å². The largest absolute Gasteiger partial charge is 0.315 e. The van der Waals surface area contributed by atoms with Crippen LogP contribution in [0, 0.1) is 5.82 Å². The molecule has 0 radical (unpaired) electrons. The van der Waals surface area contributed by atoms with Crippen molar-refractivity contribution in [3.8, 4) is 11.4 Å². The molecular weight excluding hydrogens is 375 g/mol. The smallest absolute Gasteiger partial charge is 0.240 e. The maximum atomic E-state index is 14.3. The van der Waals surface area contributed by atoms with E-state index in [2.05, 4.69) is 10.2 Å². The minimum Gasteiger partial charge on any atom is -0.315 e. The zero-order chi connectivity index (χ0) is 19.7. The lowest BCUT2D eigenvalue weighted by Gasteiger charge is -2.21. The Morgan fingerprint density at radius 2 is 1.82 bits per heavy atom. The Bertz CT molecular complexity index is 987. The molecule has 0 unspecified atom stereocenters. The first-order valence-corrected chi connectivity index (χ1v) is 10.1. The van der Waals surface area contributed by atoms with Gasteiger partial charge in [0.25, 0.3) is 0 Å². The van der Waals surface area contributed by atoms with Crippen molar-refractivity contribution in [1.82, 2.24) is 14.8 Å². The number of hydrogen-bond donors (Lipinski definition) is 0. The van der Waals surface area contributed by atoms with Crippen LogP contribution in [0.25, 0.3) is 11.4 Å². The first-order chi connectivity index (χ1) is 13.6. The third-order valence-electron chi connectivity index (χ3n) is 4.80. The molecule has 1 aromatic heterocycles. The fourth-order valence-corrected chi connectivity index (χ4v) is 4.12. The van der Waals surface area contributed by atoms with E-state index in [1.807, 2.05) is 41.8 Å². The predicted octanol–water partition coefficient (Wildman–Crippen LogP) is 4.56. The molecular formula is C21H21FN4OS. The highest BCUT2D eigenvalue weighted by Gasteiger charge is 2.32. The fraction of sp³-hybridized carbons (Fsp3) is 0.286. The lowest BCUT2D eigenvalue weighted by molar-refractivity contribution is -0.117. The molecule has 0 saturated heterocycles. The summed E-state index contributed by atoms with van der Waals surface area (Å²) in [4.78, 5) is 14.5. The topological polar surface area (TPSA) is 51.0 Å². The fourth-order valence-electron chi connectivity index (χ4n) is 3.11. The van der Waals surface area contributed by atoms with E-state index in [1.54, 1.807) is 30.1 Å². The van der Waals surface area contributed by atoms with Crippen LogP contribution in [0.1, 0.15) is 25.8 Å². The van der Waals surface area contributed by atoms with Crippen molar-refractivity contribution >= 4 is 23.4 Å². The minimum atomic E-state index is -0.347. The number of rotatable bonds is 6. The Kier molecular flexibility index (Phi) is 5.17. The molecule has 5 nitrogen and oxygen atoms in total. The molecule has 1 saturated carbocycles. The molecule has 2 aromatic carbocycles. The number of amides is 1. The van der Waals surface area contributed by atoms with Crippen LogP contribution in [0.5, 0.6) is 0 Å². The van der Waals surface area contributed by atoms with Gasteiger partial charge in [0, 0.05) is 18.8 Å². The Hall–Kier alpha value is -2.67. The van der Waals surface area contributed by atoms with Gasteiger partial charge in [0.1, 0.15) is 5.82 Å². The predicted molar refractivity (Wildman–Crippen MR) is 109 cm³/mol. The number of anilines is 1. The first kappa shape index (κ1) is 18.7. The quantitative estimate of drug-likeness (QED) is 0.573. The molecule has 144 valence electrons. The van der Waals surface area contributed by atoms with Crippen molar-refractivity contribution in [2.75, 3.05) is 11.9 Å². The van der Waals surface area contributed by atoms with Gasteiger partial charge >= 0.3 is 0 Å². The highest BCUT2D eigenvalue weighted by atomic mass is 32.2. The van der Waals surface area contributed by atoms with Crippen LogP contribution in [0.4, 0.5) is 10.1 Å². The van der Waals surface area contributed by atoms with E-state index in [0.29, 0.717) is 16.5 Å². The Labute approximate surface area is 167 Å². The molecule has 1 amide bonds. The van der Waals surface area contributed by atoms with E-state index in [-0.39, 0.29) is 23.0 Å². The maximum absolute atomic E-state index is 14.3. The van der Waals surface area contributed by atoms with Crippen LogP contribution in [-0.4, -0.2) is 33.0 Å². The molecule has 4 rings (SSSR count). The molecule has 0 aliphatic heterocycles. The molecule has 1 atom stereocenters. The third kappa shape index (κ3) is 3.67. The van der Waals surface area contributed by atoms with Crippen molar-refractivity contribution in [3.05, 3.63) is 60.4 Å². The van der Waals surface area contributed by atoms with Crippen LogP contribution >= 0.6 is 11.8 Å². The molecule has 3 aromatic rings. The van der Waals surface area contributed by atoms with Crippen LogP contribution in [0.15, 0.2) is 59.8 Å². The average molecular weight is 396 g/mol. The van der Waals surface area contributed by atoms with Crippen molar-refractivity contribution in [3.63, 3.8) is 0 Å². The van der Waals surface area contributed by atoms with Gasteiger partial charge in [0.05, 0.1) is 10.8 Å². The van der Waals surface area contributed by atoms with E-state index in [9.17, 15) is 9.18 Å². The maximum Gasteiger partial charge on any atom is 0.240 e. The van der Waals surface area contributed by atoms with Gasteiger partial charge in [-0.15, -0.1) is 10.2 Å². The molecule has 28 heavy (non-hydrogen) atoms. The zero-order valence-corrected chi connectivity index (χ0v) is 16.6. The molecule has 1 aliphatic rings. The monoisotopic (exact) mass is 396 g/mol. The molecule has 0 spiro atoms. The number of para-hydroxylation sites is 1. The van der Waals surface area contributed by atoms with Crippen molar-refractivity contribution < 1.29 is 9.18 Å². The molecule has 1 fully saturated rings. The summed E-state index contributed by atoms with van der Waals surface area (Å²) in [7, 11) is 1.77. The summed E-state index contributed by atoms with van der Waals surface area (Å²) in [6.07, 6.45) is 2.03. The number of carbonyl (C=O) groups is 1. The van der Waals surface area contributed by atoms with Gasteiger partial charge in [0.2, 0.25) is 5.91 Å². The third-order valence-corrected chi connectivity index (χ3v) is 5.84. The molecule has 7 heteroatoms. The van der Waals surface area contributed by atoms with E-state index in [4.69, 9.17) is 0 Å². The Morgan fingerprint density at radius 1 is 1.14 bits per heavy atom. The normalized spacial score (nSPS) is 14.7. The second kappa shape index (κ2) is 7.75. The number of carbonyl (C=O) groups excluding carboxylic acids is 1. The van der Waals surface area contributed by atoms with Gasteiger partial charge in [0.15, 0.2) is 11.0 Å². The van der Waals surface area contributed by atoms with Crippen LogP contribution in [0.3, 0.4) is 0 Å². The van der Waals surface area contributed by atoms with E-state index in [0.717, 1.165) is 18.5 Å². The van der Waals surface area contributed by atoms with Crippen molar-refractivity contribution in [2.45, 2.75) is 36.2 Å². The summed E-state index contributed by atoms with van der Waals surface area (Å²) < 4.78 is 16.3. The zero-order valence-electron chi connectivity index (χ0n) is 15.7. The Morgan fingerprint density at radius 3 is 2.50 bits per heavy atom. The minimum absolute atomic E-state index is 0.0195. The van der Waals surface area contributed by atoms with Gasteiger partial charge in [-0.3, -0.25) is 9.36 Å². The highest BCUT2D eigenvalue weighted by molar-refractivity contribution is 8.00. The van der Waals surface area contributed by atoms with Gasteiger partial charge in [-0.1, -0.05) is 42.1 Å². The van der Waals surface area contributed by atoms with E-state index >= 15 is 0 Å².